The first-order valence-electron chi connectivity index (χ1n) is 8.13. The van der Waals surface area contributed by atoms with Gasteiger partial charge in [0.2, 0.25) is 0 Å². The van der Waals surface area contributed by atoms with Crippen molar-refractivity contribution in [1.29, 1.82) is 0 Å². The Kier molecular flexibility index (Phi) is 2.53. The maximum Gasteiger partial charge on any atom is 0.333 e. The summed E-state index contributed by atoms with van der Waals surface area (Å²) in [6.45, 7) is 7.68. The molecule has 2 nitrogen and oxygen atoms in total. The molecule has 0 N–H and O–H groups in total. The van der Waals surface area contributed by atoms with E-state index in [0.717, 1.165) is 42.4 Å². The summed E-state index contributed by atoms with van der Waals surface area (Å²) >= 11 is 0. The molecule has 4 aliphatic carbocycles. The Balaban J connectivity index is 1.63. The number of hydrogen-bond donors (Lipinski definition) is 0. The normalized spacial score (nSPS) is 50.5. The van der Waals surface area contributed by atoms with Crippen molar-refractivity contribution in [3.63, 3.8) is 0 Å². The second-order valence-corrected chi connectivity index (χ2v) is 7.50. The number of fused-ring (bicyclic) bond motifs is 9. The summed E-state index contributed by atoms with van der Waals surface area (Å²) in [5, 5.41) is 0. The lowest BCUT2D eigenvalue weighted by atomic mass is 9.66. The molecule has 3 fully saturated rings. The highest BCUT2D eigenvalue weighted by Gasteiger charge is 2.66. The lowest BCUT2D eigenvalue weighted by Gasteiger charge is -2.44. The van der Waals surface area contributed by atoms with E-state index in [1.54, 1.807) is 6.92 Å². The van der Waals surface area contributed by atoms with Crippen LogP contribution < -0.4 is 0 Å². The minimum atomic E-state index is -0.194. The Bertz CT molecular complexity index is 506. The monoisotopic (exact) mass is 272 g/mol. The predicted molar refractivity (Wildman–Crippen MR) is 77.9 cm³/mol. The minimum Gasteiger partial charge on any atom is -0.455 e. The summed E-state index contributed by atoms with van der Waals surface area (Å²) in [7, 11) is 0. The summed E-state index contributed by atoms with van der Waals surface area (Å²) in [4.78, 5) is 12.1. The van der Waals surface area contributed by atoms with Crippen LogP contribution in [0, 0.1) is 35.5 Å². The van der Waals surface area contributed by atoms with E-state index in [9.17, 15) is 4.79 Å². The minimum absolute atomic E-state index is 0.186. The lowest BCUT2D eigenvalue weighted by Crippen LogP contribution is -2.47. The molecule has 0 heterocycles. The van der Waals surface area contributed by atoms with E-state index in [2.05, 4.69) is 25.7 Å². The highest BCUT2D eigenvalue weighted by molar-refractivity contribution is 5.87. The number of carbonyl (C=O) groups excluding carboxylic acids is 1. The fourth-order valence-electron chi connectivity index (χ4n) is 6.02. The third-order valence-electron chi connectivity index (χ3n) is 6.68. The molecule has 0 radical (unpaired) electrons. The van der Waals surface area contributed by atoms with Gasteiger partial charge >= 0.3 is 5.97 Å². The zero-order valence-corrected chi connectivity index (χ0v) is 12.5. The maximum atomic E-state index is 12.1. The van der Waals surface area contributed by atoms with Gasteiger partial charge in [0.25, 0.3) is 0 Å². The number of allylic oxidation sites excluding steroid dienone is 2. The Hall–Kier alpha value is -1.05. The van der Waals surface area contributed by atoms with Crippen molar-refractivity contribution in [2.75, 3.05) is 0 Å². The third kappa shape index (κ3) is 1.43. The summed E-state index contributed by atoms with van der Waals surface area (Å²) in [5.41, 5.74) is 0.338. The highest BCUT2D eigenvalue weighted by atomic mass is 16.6. The number of carbonyl (C=O) groups is 1. The van der Waals surface area contributed by atoms with Crippen molar-refractivity contribution >= 4 is 5.97 Å². The zero-order valence-electron chi connectivity index (χ0n) is 12.5. The van der Waals surface area contributed by atoms with Crippen LogP contribution in [0.5, 0.6) is 0 Å². The molecule has 4 bridgehead atoms. The maximum absolute atomic E-state index is 12.1. The van der Waals surface area contributed by atoms with E-state index in [1.165, 1.54) is 12.8 Å². The largest absolute Gasteiger partial charge is 0.455 e. The molecule has 0 aliphatic heterocycles. The summed E-state index contributed by atoms with van der Waals surface area (Å²) < 4.78 is 6.00. The SMILES string of the molecule is C=C(C)C(=O)OC1(CC)CC2CC1C1C3C=CC(C3)C21. The van der Waals surface area contributed by atoms with E-state index in [0.29, 0.717) is 11.5 Å². The summed E-state index contributed by atoms with van der Waals surface area (Å²) in [6.07, 6.45) is 9.58. The van der Waals surface area contributed by atoms with Crippen molar-refractivity contribution in [3.8, 4) is 0 Å². The highest BCUT2D eigenvalue weighted by Crippen LogP contribution is 2.69. The zero-order chi connectivity index (χ0) is 14.1. The van der Waals surface area contributed by atoms with E-state index in [-0.39, 0.29) is 11.6 Å². The van der Waals surface area contributed by atoms with Gasteiger partial charge in [0, 0.05) is 11.5 Å². The number of ether oxygens (including phenoxy) is 1. The van der Waals surface area contributed by atoms with Crippen LogP contribution in [-0.2, 0) is 9.53 Å². The molecule has 0 spiro atoms. The lowest BCUT2D eigenvalue weighted by molar-refractivity contribution is -0.166. The van der Waals surface area contributed by atoms with E-state index >= 15 is 0 Å². The molecular weight excluding hydrogens is 248 g/mol. The van der Waals surface area contributed by atoms with E-state index in [4.69, 9.17) is 4.74 Å². The number of esters is 1. The fourth-order valence-corrected chi connectivity index (χ4v) is 6.02. The Labute approximate surface area is 121 Å². The van der Waals surface area contributed by atoms with Crippen LogP contribution in [0.3, 0.4) is 0 Å². The smallest absolute Gasteiger partial charge is 0.333 e. The first-order chi connectivity index (χ1) is 9.55. The first-order valence-corrected chi connectivity index (χ1v) is 8.13. The summed E-state index contributed by atoms with van der Waals surface area (Å²) in [6, 6.07) is 0. The third-order valence-corrected chi connectivity index (χ3v) is 6.68. The van der Waals surface area contributed by atoms with Crippen LogP contribution >= 0.6 is 0 Å². The van der Waals surface area contributed by atoms with Gasteiger partial charge in [-0.3, -0.25) is 0 Å². The molecule has 4 rings (SSSR count). The van der Waals surface area contributed by atoms with Gasteiger partial charge in [-0.1, -0.05) is 25.7 Å². The van der Waals surface area contributed by atoms with Gasteiger partial charge in [0.1, 0.15) is 5.60 Å². The van der Waals surface area contributed by atoms with E-state index in [1.807, 2.05) is 0 Å². The topological polar surface area (TPSA) is 26.3 Å². The van der Waals surface area contributed by atoms with Crippen molar-refractivity contribution in [2.24, 2.45) is 35.5 Å². The van der Waals surface area contributed by atoms with Gasteiger partial charge in [-0.2, -0.15) is 0 Å². The van der Waals surface area contributed by atoms with E-state index < -0.39 is 0 Å². The van der Waals surface area contributed by atoms with Crippen LogP contribution in [0.1, 0.15) is 39.5 Å². The molecule has 2 heteroatoms. The number of hydrogen-bond acceptors (Lipinski definition) is 2. The van der Waals surface area contributed by atoms with Gasteiger partial charge in [-0.25, -0.2) is 4.79 Å². The Morgan fingerprint density at radius 1 is 1.30 bits per heavy atom. The standard InChI is InChI=1S/C18H24O2/c1-4-18(20-17(19)10(2)3)9-13-8-14(18)16-12-6-5-11(7-12)15(13)16/h5-6,11-16H,2,4,7-9H2,1,3H3. The van der Waals surface area contributed by atoms with Crippen molar-refractivity contribution < 1.29 is 9.53 Å². The second kappa shape index (κ2) is 3.99. The average molecular weight is 272 g/mol. The molecule has 3 saturated carbocycles. The molecule has 0 aromatic rings. The van der Waals surface area contributed by atoms with Crippen LogP contribution in [0.4, 0.5) is 0 Å². The molecule has 0 aromatic carbocycles. The molecular formula is C18H24O2. The van der Waals surface area contributed by atoms with Crippen LogP contribution in [0.2, 0.25) is 0 Å². The summed E-state index contributed by atoms with van der Waals surface area (Å²) in [5.74, 6) is 4.43. The molecule has 0 aromatic heterocycles. The quantitative estimate of drug-likeness (QED) is 0.339. The van der Waals surface area contributed by atoms with Crippen molar-refractivity contribution in [1.82, 2.24) is 0 Å². The molecule has 0 amide bonds. The molecule has 7 atom stereocenters. The van der Waals surface area contributed by atoms with Gasteiger partial charge in [0.05, 0.1) is 0 Å². The van der Waals surface area contributed by atoms with Gasteiger partial charge < -0.3 is 4.74 Å². The average Bonchev–Trinajstić information content (AvgIpc) is 3.15. The molecule has 7 unspecified atom stereocenters. The Morgan fingerprint density at radius 2 is 2.00 bits per heavy atom. The molecule has 0 saturated heterocycles. The first kappa shape index (κ1) is 12.7. The van der Waals surface area contributed by atoms with Crippen LogP contribution in [-0.4, -0.2) is 11.6 Å². The van der Waals surface area contributed by atoms with Gasteiger partial charge in [-0.15, -0.1) is 0 Å². The fraction of sp³-hybridized carbons (Fsp3) is 0.722. The molecule has 108 valence electrons. The van der Waals surface area contributed by atoms with Crippen molar-refractivity contribution in [3.05, 3.63) is 24.3 Å². The molecule has 4 aliphatic rings. The predicted octanol–water partition coefficient (Wildman–Crippen LogP) is 3.73. The van der Waals surface area contributed by atoms with Crippen LogP contribution in [0.15, 0.2) is 24.3 Å². The van der Waals surface area contributed by atoms with Gasteiger partial charge in [-0.05, 0) is 62.2 Å². The van der Waals surface area contributed by atoms with Crippen molar-refractivity contribution in [2.45, 2.75) is 45.1 Å². The van der Waals surface area contributed by atoms with Crippen LogP contribution in [0.25, 0.3) is 0 Å². The number of rotatable bonds is 3. The van der Waals surface area contributed by atoms with Gasteiger partial charge in [0.15, 0.2) is 0 Å². The Morgan fingerprint density at radius 3 is 2.65 bits per heavy atom. The molecule has 20 heavy (non-hydrogen) atoms. The second-order valence-electron chi connectivity index (χ2n) is 7.50.